The molecule has 3 aromatic rings. The van der Waals surface area contributed by atoms with Crippen LogP contribution in [0.5, 0.6) is 0 Å². The lowest BCUT2D eigenvalue weighted by molar-refractivity contribution is -0.107. The molecule has 1 aromatic heterocycles. The van der Waals surface area contributed by atoms with Gasteiger partial charge in [0.25, 0.3) is 0 Å². The van der Waals surface area contributed by atoms with Crippen molar-refractivity contribution in [2.24, 2.45) is 0 Å². The second kappa shape index (κ2) is 8.68. The zero-order valence-electron chi connectivity index (χ0n) is 16.4. The first-order valence-corrected chi connectivity index (χ1v) is 9.02. The van der Waals surface area contributed by atoms with Gasteiger partial charge >= 0.3 is 0 Å². The number of benzene rings is 2. The van der Waals surface area contributed by atoms with Gasteiger partial charge in [0, 0.05) is 49.8 Å². The van der Waals surface area contributed by atoms with Gasteiger partial charge in [-0.25, -0.2) is 13.8 Å². The van der Waals surface area contributed by atoms with E-state index in [-0.39, 0.29) is 0 Å². The molecule has 0 fully saturated rings. The van der Waals surface area contributed by atoms with Crippen molar-refractivity contribution >= 4 is 23.6 Å². The first kappa shape index (κ1) is 20.3. The Balaban J connectivity index is 2.25. The minimum absolute atomic E-state index is 0.417. The molecule has 0 aliphatic carbocycles. The van der Waals surface area contributed by atoms with E-state index >= 15 is 0 Å². The predicted molar refractivity (Wildman–Crippen MR) is 111 cm³/mol. The fraction of sp³-hybridized carbons (Fsp3) is 0.182. The van der Waals surface area contributed by atoms with Gasteiger partial charge in [-0.1, -0.05) is 6.07 Å². The van der Waals surface area contributed by atoms with E-state index in [0.717, 1.165) is 5.69 Å². The quantitative estimate of drug-likeness (QED) is 0.608. The highest BCUT2D eigenvalue weighted by Crippen LogP contribution is 2.37. The fourth-order valence-corrected chi connectivity index (χ4v) is 3.22. The number of pyridine rings is 1. The molecule has 3 rings (SSSR count). The number of nitrogens with one attached hydrogen (secondary N) is 1. The van der Waals surface area contributed by atoms with Crippen LogP contribution in [-0.4, -0.2) is 32.5 Å². The largest absolute Gasteiger partial charge is 0.377 e. The van der Waals surface area contributed by atoms with Gasteiger partial charge in [-0.15, -0.1) is 0 Å². The van der Waals surface area contributed by atoms with Crippen LogP contribution in [0.25, 0.3) is 0 Å². The lowest BCUT2D eigenvalue weighted by Gasteiger charge is -2.28. The summed E-state index contributed by atoms with van der Waals surface area (Å²) in [6.45, 7) is 0. The Morgan fingerprint density at radius 2 is 1.55 bits per heavy atom. The Morgan fingerprint density at radius 3 is 2.10 bits per heavy atom. The van der Waals surface area contributed by atoms with Gasteiger partial charge in [0.15, 0.2) is 0 Å². The molecule has 0 bridgehead atoms. The van der Waals surface area contributed by atoms with E-state index in [1.165, 1.54) is 35.2 Å². The molecule has 29 heavy (non-hydrogen) atoms. The summed E-state index contributed by atoms with van der Waals surface area (Å²) in [4.78, 5) is 18.9. The van der Waals surface area contributed by atoms with Crippen molar-refractivity contribution in [2.45, 2.75) is 6.04 Å². The molecule has 0 saturated carbocycles. The number of halogens is 2. The second-order valence-corrected chi connectivity index (χ2v) is 6.81. The van der Waals surface area contributed by atoms with Crippen LogP contribution in [0.15, 0.2) is 60.8 Å². The van der Waals surface area contributed by atoms with Crippen molar-refractivity contribution in [3.8, 4) is 0 Å². The van der Waals surface area contributed by atoms with Gasteiger partial charge < -0.3 is 15.1 Å². The highest BCUT2D eigenvalue weighted by Gasteiger charge is 2.24. The Hall–Kier alpha value is -3.48. The van der Waals surface area contributed by atoms with E-state index in [1.807, 2.05) is 25.1 Å². The number of hydrogen-bond acceptors (Lipinski definition) is 4. The Morgan fingerprint density at radius 1 is 0.931 bits per heavy atom. The Labute approximate surface area is 168 Å². The summed E-state index contributed by atoms with van der Waals surface area (Å²) >= 11 is 0. The van der Waals surface area contributed by atoms with Gasteiger partial charge in [0.2, 0.25) is 6.41 Å². The summed E-state index contributed by atoms with van der Waals surface area (Å²) < 4.78 is 28.5. The second-order valence-electron chi connectivity index (χ2n) is 6.81. The first-order valence-electron chi connectivity index (χ1n) is 9.02. The smallest absolute Gasteiger partial charge is 0.213 e. The molecule has 0 saturated heterocycles. The molecule has 0 aliphatic rings. The molecule has 7 heteroatoms. The highest BCUT2D eigenvalue weighted by atomic mass is 19.1. The number of carbonyl (C=O) groups excluding carboxylic acids is 1. The molecule has 1 heterocycles. The first-order chi connectivity index (χ1) is 13.9. The van der Waals surface area contributed by atoms with Gasteiger partial charge in [-0.3, -0.25) is 4.79 Å². The number of hydrogen-bond donors (Lipinski definition) is 1. The average molecular weight is 396 g/mol. The van der Waals surface area contributed by atoms with E-state index in [9.17, 15) is 13.6 Å². The zero-order chi connectivity index (χ0) is 21.0. The number of amides is 1. The van der Waals surface area contributed by atoms with Crippen LogP contribution in [0.4, 0.5) is 26.0 Å². The molecule has 0 aliphatic heterocycles. The van der Waals surface area contributed by atoms with Gasteiger partial charge in [-0.05, 0) is 48.5 Å². The molecule has 1 amide bonds. The highest BCUT2D eigenvalue weighted by molar-refractivity contribution is 5.78. The monoisotopic (exact) mass is 396 g/mol. The molecule has 0 spiro atoms. The lowest BCUT2D eigenvalue weighted by atomic mass is 9.94. The van der Waals surface area contributed by atoms with Crippen molar-refractivity contribution in [1.29, 1.82) is 0 Å². The van der Waals surface area contributed by atoms with E-state index < -0.39 is 17.7 Å². The minimum atomic E-state index is -0.661. The molecular formula is C22H22F2N4O. The predicted octanol–water partition coefficient (Wildman–Crippen LogP) is 4.22. The van der Waals surface area contributed by atoms with E-state index in [1.54, 1.807) is 31.4 Å². The average Bonchev–Trinajstić information content (AvgIpc) is 2.72. The number of aromatic nitrogens is 1. The third-order valence-corrected chi connectivity index (χ3v) is 4.58. The van der Waals surface area contributed by atoms with Crippen LogP contribution in [0.1, 0.15) is 17.2 Å². The summed E-state index contributed by atoms with van der Waals surface area (Å²) in [5, 5.41) is 3.27. The standard InChI is InChI=1S/C22H22F2N4O/c1-27(2)19-9-7-15(23)12-17(19)22(26-21-6-4-5-11-25-21)18-13-16(24)8-10-20(18)28(3)14-29/h4-14,22H,1-3H3,(H,25,26). The van der Waals surface area contributed by atoms with Gasteiger partial charge in [0.1, 0.15) is 17.5 Å². The molecule has 5 nitrogen and oxygen atoms in total. The maximum Gasteiger partial charge on any atom is 0.213 e. The van der Waals surface area contributed by atoms with E-state index in [4.69, 9.17) is 0 Å². The molecule has 1 N–H and O–H groups in total. The summed E-state index contributed by atoms with van der Waals surface area (Å²) in [6, 6.07) is 13.3. The van der Waals surface area contributed by atoms with Crippen LogP contribution >= 0.6 is 0 Å². The van der Waals surface area contributed by atoms with Gasteiger partial charge in [0.05, 0.1) is 6.04 Å². The Bertz CT molecular complexity index is 995. The van der Waals surface area contributed by atoms with Crippen molar-refractivity contribution in [3.05, 3.63) is 83.6 Å². The molecule has 2 aromatic carbocycles. The van der Waals surface area contributed by atoms with E-state index in [0.29, 0.717) is 29.0 Å². The van der Waals surface area contributed by atoms with Crippen molar-refractivity contribution in [2.75, 3.05) is 36.3 Å². The molecule has 0 radical (unpaired) electrons. The van der Waals surface area contributed by atoms with Crippen molar-refractivity contribution in [1.82, 2.24) is 4.98 Å². The molecule has 150 valence electrons. The zero-order valence-corrected chi connectivity index (χ0v) is 16.4. The summed E-state index contributed by atoms with van der Waals surface area (Å²) in [6.07, 6.45) is 2.27. The third kappa shape index (κ3) is 4.51. The van der Waals surface area contributed by atoms with Crippen LogP contribution in [0, 0.1) is 11.6 Å². The topological polar surface area (TPSA) is 48.5 Å². The fourth-order valence-electron chi connectivity index (χ4n) is 3.22. The van der Waals surface area contributed by atoms with E-state index in [2.05, 4.69) is 10.3 Å². The van der Waals surface area contributed by atoms with Crippen molar-refractivity contribution in [3.63, 3.8) is 0 Å². The summed E-state index contributed by atoms with van der Waals surface area (Å²) in [5.41, 5.74) is 2.33. The van der Waals surface area contributed by atoms with Crippen LogP contribution < -0.4 is 15.1 Å². The third-order valence-electron chi connectivity index (χ3n) is 4.58. The minimum Gasteiger partial charge on any atom is -0.377 e. The number of carbonyl (C=O) groups is 1. The number of nitrogens with zero attached hydrogens (tertiary/aromatic N) is 3. The number of anilines is 3. The Kier molecular flexibility index (Phi) is 6.07. The van der Waals surface area contributed by atoms with Crippen molar-refractivity contribution < 1.29 is 13.6 Å². The van der Waals surface area contributed by atoms with Crippen LogP contribution in [-0.2, 0) is 4.79 Å². The van der Waals surface area contributed by atoms with Crippen LogP contribution in [0.3, 0.4) is 0 Å². The summed E-state index contributed by atoms with van der Waals surface area (Å²) in [5.74, 6) is -0.339. The molecule has 1 atom stereocenters. The maximum atomic E-state index is 14.2. The normalized spacial score (nSPS) is 11.6. The summed E-state index contributed by atoms with van der Waals surface area (Å²) in [7, 11) is 5.27. The molecular weight excluding hydrogens is 374 g/mol. The van der Waals surface area contributed by atoms with Crippen LogP contribution in [0.2, 0.25) is 0 Å². The molecule has 1 unspecified atom stereocenters. The van der Waals surface area contributed by atoms with Gasteiger partial charge in [-0.2, -0.15) is 0 Å². The maximum absolute atomic E-state index is 14.2. The number of rotatable bonds is 7. The SMILES string of the molecule is CN(C)c1ccc(F)cc1C(Nc1ccccn1)c1cc(F)ccc1N(C)C=O. The lowest BCUT2D eigenvalue weighted by Crippen LogP contribution is -2.23.